The summed E-state index contributed by atoms with van der Waals surface area (Å²) in [5.74, 6) is 0.752. The van der Waals surface area contributed by atoms with E-state index in [0.29, 0.717) is 13.0 Å². The van der Waals surface area contributed by atoms with E-state index >= 15 is 0 Å². The molecule has 3 nitrogen and oxygen atoms in total. The molecule has 1 atom stereocenters. The molecule has 0 radical (unpaired) electrons. The lowest BCUT2D eigenvalue weighted by atomic mass is 9.97. The molecule has 3 heteroatoms. The van der Waals surface area contributed by atoms with Gasteiger partial charge in [0.25, 0.3) is 0 Å². The quantitative estimate of drug-likeness (QED) is 0.803. The number of nitriles is 1. The van der Waals surface area contributed by atoms with Crippen molar-refractivity contribution in [2.45, 2.75) is 19.3 Å². The second-order valence-electron chi connectivity index (χ2n) is 5.57. The SMILES string of the molecule is Cc1ccccc1OCCC(C#N)c1ccc(N(C)C)cc1. The van der Waals surface area contributed by atoms with Gasteiger partial charge in [-0.15, -0.1) is 0 Å². The fourth-order valence-electron chi connectivity index (χ4n) is 2.32. The van der Waals surface area contributed by atoms with Crippen LogP contribution in [0.15, 0.2) is 48.5 Å². The molecule has 0 saturated carbocycles. The molecule has 0 bridgehead atoms. The van der Waals surface area contributed by atoms with E-state index in [4.69, 9.17) is 4.74 Å². The maximum Gasteiger partial charge on any atom is 0.122 e. The van der Waals surface area contributed by atoms with Gasteiger partial charge < -0.3 is 9.64 Å². The fourth-order valence-corrected chi connectivity index (χ4v) is 2.32. The Labute approximate surface area is 132 Å². The van der Waals surface area contributed by atoms with Crippen molar-refractivity contribution < 1.29 is 4.74 Å². The van der Waals surface area contributed by atoms with Crippen molar-refractivity contribution in [1.29, 1.82) is 5.26 Å². The summed E-state index contributed by atoms with van der Waals surface area (Å²) in [6.07, 6.45) is 0.687. The summed E-state index contributed by atoms with van der Waals surface area (Å²) in [5.41, 5.74) is 3.30. The summed E-state index contributed by atoms with van der Waals surface area (Å²) in [4.78, 5) is 2.05. The van der Waals surface area contributed by atoms with Crippen LogP contribution in [0.3, 0.4) is 0 Å². The van der Waals surface area contributed by atoms with Gasteiger partial charge in [-0.1, -0.05) is 30.3 Å². The largest absolute Gasteiger partial charge is 0.493 e. The number of hydrogen-bond acceptors (Lipinski definition) is 3. The van der Waals surface area contributed by atoms with E-state index in [-0.39, 0.29) is 5.92 Å². The lowest BCUT2D eigenvalue weighted by molar-refractivity contribution is 0.304. The van der Waals surface area contributed by atoms with Crippen LogP contribution < -0.4 is 9.64 Å². The summed E-state index contributed by atoms with van der Waals surface area (Å²) in [6, 6.07) is 18.5. The Morgan fingerprint density at radius 3 is 2.36 bits per heavy atom. The molecule has 1 unspecified atom stereocenters. The van der Waals surface area contributed by atoms with Crippen LogP contribution >= 0.6 is 0 Å². The van der Waals surface area contributed by atoms with Gasteiger partial charge in [-0.2, -0.15) is 5.26 Å². The van der Waals surface area contributed by atoms with Crippen LogP contribution in [0.25, 0.3) is 0 Å². The van der Waals surface area contributed by atoms with Crippen molar-refractivity contribution in [3.63, 3.8) is 0 Å². The second-order valence-corrected chi connectivity index (χ2v) is 5.57. The molecule has 0 amide bonds. The van der Waals surface area contributed by atoms with E-state index in [2.05, 4.69) is 6.07 Å². The van der Waals surface area contributed by atoms with Gasteiger partial charge in [0.1, 0.15) is 5.75 Å². The Morgan fingerprint density at radius 2 is 1.77 bits per heavy atom. The average Bonchev–Trinajstić information content (AvgIpc) is 2.53. The van der Waals surface area contributed by atoms with Gasteiger partial charge in [-0.05, 0) is 36.2 Å². The average molecular weight is 294 g/mol. The number of anilines is 1. The van der Waals surface area contributed by atoms with Crippen LogP contribution in [0.2, 0.25) is 0 Å². The van der Waals surface area contributed by atoms with Gasteiger partial charge in [0.05, 0.1) is 18.6 Å². The zero-order chi connectivity index (χ0) is 15.9. The maximum atomic E-state index is 9.39. The summed E-state index contributed by atoms with van der Waals surface area (Å²) in [6.45, 7) is 2.57. The monoisotopic (exact) mass is 294 g/mol. The van der Waals surface area contributed by atoms with Crippen LogP contribution in [0.5, 0.6) is 5.75 Å². The molecule has 22 heavy (non-hydrogen) atoms. The summed E-state index contributed by atoms with van der Waals surface area (Å²) >= 11 is 0. The molecular formula is C19H22N2O. The lowest BCUT2D eigenvalue weighted by Crippen LogP contribution is -2.09. The molecule has 0 aromatic heterocycles. The summed E-state index contributed by atoms with van der Waals surface area (Å²) < 4.78 is 5.79. The van der Waals surface area contributed by atoms with Gasteiger partial charge >= 0.3 is 0 Å². The Kier molecular flexibility index (Phi) is 5.43. The molecule has 0 aliphatic heterocycles. The molecule has 0 N–H and O–H groups in total. The third-order valence-corrected chi connectivity index (χ3v) is 3.73. The Balaban J connectivity index is 1.95. The molecule has 2 rings (SSSR count). The topological polar surface area (TPSA) is 36.3 Å². The number of ether oxygens (including phenoxy) is 1. The smallest absolute Gasteiger partial charge is 0.122 e. The van der Waals surface area contributed by atoms with Gasteiger partial charge in [0, 0.05) is 26.2 Å². The first kappa shape index (κ1) is 15.9. The van der Waals surface area contributed by atoms with Crippen LogP contribution in [0.4, 0.5) is 5.69 Å². The minimum Gasteiger partial charge on any atom is -0.493 e. The highest BCUT2D eigenvalue weighted by atomic mass is 16.5. The lowest BCUT2D eigenvalue weighted by Gasteiger charge is -2.15. The summed E-state index contributed by atoms with van der Waals surface area (Å²) in [7, 11) is 4.01. The highest BCUT2D eigenvalue weighted by Crippen LogP contribution is 2.23. The molecule has 0 spiro atoms. The maximum absolute atomic E-state index is 9.39. The molecule has 0 fully saturated rings. The summed E-state index contributed by atoms with van der Waals surface area (Å²) in [5, 5.41) is 9.39. The van der Waals surface area contributed by atoms with E-state index in [0.717, 1.165) is 22.6 Å². The van der Waals surface area contributed by atoms with Crippen molar-refractivity contribution in [2.75, 3.05) is 25.6 Å². The number of nitrogens with zero attached hydrogens (tertiary/aromatic N) is 2. The van der Waals surface area contributed by atoms with Gasteiger partial charge in [-0.3, -0.25) is 0 Å². The fraction of sp³-hybridized carbons (Fsp3) is 0.316. The number of aryl methyl sites for hydroxylation is 1. The Bertz CT molecular complexity index is 641. The van der Waals surface area contributed by atoms with Gasteiger partial charge in [0.2, 0.25) is 0 Å². The molecule has 0 aliphatic rings. The Hall–Kier alpha value is -2.47. The van der Waals surface area contributed by atoms with Crippen molar-refractivity contribution in [2.24, 2.45) is 0 Å². The standard InChI is InChI=1S/C19H22N2O/c1-15-6-4-5-7-19(15)22-13-12-17(14-20)16-8-10-18(11-9-16)21(2)3/h4-11,17H,12-13H2,1-3H3. The predicted molar refractivity (Wildman–Crippen MR) is 90.4 cm³/mol. The third kappa shape index (κ3) is 4.02. The number of benzene rings is 2. The molecule has 0 heterocycles. The van der Waals surface area contributed by atoms with E-state index in [1.165, 1.54) is 0 Å². The van der Waals surface area contributed by atoms with E-state index in [1.54, 1.807) is 0 Å². The molecule has 0 saturated heterocycles. The van der Waals surface area contributed by atoms with Crippen molar-refractivity contribution in [3.05, 3.63) is 59.7 Å². The Morgan fingerprint density at radius 1 is 1.09 bits per heavy atom. The minimum absolute atomic E-state index is 0.139. The minimum atomic E-state index is -0.139. The van der Waals surface area contributed by atoms with Crippen LogP contribution in [-0.2, 0) is 0 Å². The predicted octanol–water partition coefficient (Wildman–Crippen LogP) is 4.14. The van der Waals surface area contributed by atoms with Gasteiger partial charge in [0.15, 0.2) is 0 Å². The molecule has 2 aromatic carbocycles. The highest BCUT2D eigenvalue weighted by molar-refractivity contribution is 5.47. The van der Waals surface area contributed by atoms with E-state index < -0.39 is 0 Å². The van der Waals surface area contributed by atoms with E-state index in [1.807, 2.05) is 74.4 Å². The normalized spacial score (nSPS) is 11.5. The van der Waals surface area contributed by atoms with Crippen molar-refractivity contribution in [3.8, 4) is 11.8 Å². The zero-order valence-corrected chi connectivity index (χ0v) is 13.4. The molecular weight excluding hydrogens is 272 g/mol. The molecule has 0 aliphatic carbocycles. The van der Waals surface area contributed by atoms with Crippen molar-refractivity contribution in [1.82, 2.24) is 0 Å². The van der Waals surface area contributed by atoms with Gasteiger partial charge in [-0.25, -0.2) is 0 Å². The van der Waals surface area contributed by atoms with Crippen LogP contribution in [0.1, 0.15) is 23.5 Å². The highest BCUT2D eigenvalue weighted by Gasteiger charge is 2.11. The zero-order valence-electron chi connectivity index (χ0n) is 13.4. The van der Waals surface area contributed by atoms with E-state index in [9.17, 15) is 5.26 Å². The first-order valence-electron chi connectivity index (χ1n) is 7.47. The number of hydrogen-bond donors (Lipinski definition) is 0. The third-order valence-electron chi connectivity index (χ3n) is 3.73. The number of para-hydroxylation sites is 1. The number of rotatable bonds is 6. The van der Waals surface area contributed by atoms with Crippen LogP contribution in [0, 0.1) is 18.3 Å². The first-order chi connectivity index (χ1) is 10.6. The second kappa shape index (κ2) is 7.51. The molecule has 2 aromatic rings. The van der Waals surface area contributed by atoms with Crippen molar-refractivity contribution >= 4 is 5.69 Å². The first-order valence-corrected chi connectivity index (χ1v) is 7.47. The molecule has 114 valence electrons. The van der Waals surface area contributed by atoms with Crippen LogP contribution in [-0.4, -0.2) is 20.7 Å².